The Balaban J connectivity index is 3.27. The molecule has 0 aliphatic carbocycles. The Bertz CT molecular complexity index is 434. The van der Waals surface area contributed by atoms with Gasteiger partial charge in [-0.15, -0.1) is 0 Å². The van der Waals surface area contributed by atoms with Crippen molar-refractivity contribution in [1.29, 1.82) is 0 Å². The predicted molar refractivity (Wildman–Crippen MR) is 78.4 cm³/mol. The van der Waals surface area contributed by atoms with Crippen molar-refractivity contribution in [2.45, 2.75) is 20.0 Å². The highest BCUT2D eigenvalue weighted by Crippen LogP contribution is 2.40. The molecule has 0 amide bonds. The zero-order valence-corrected chi connectivity index (χ0v) is 12.8. The highest BCUT2D eigenvalue weighted by atomic mass is 16.5. The standard InChI is InChI=1S/C15H25NO4/c1-9(2)11(8-16)15(17)10-6-13(19-4)14(20-5)7-12(10)18-3/h6-7,9,11,15,17H,8,16H2,1-5H3. The van der Waals surface area contributed by atoms with Crippen LogP contribution in [-0.2, 0) is 0 Å². The van der Waals surface area contributed by atoms with Gasteiger partial charge in [-0.1, -0.05) is 13.8 Å². The Labute approximate surface area is 120 Å². The lowest BCUT2D eigenvalue weighted by molar-refractivity contribution is 0.0833. The van der Waals surface area contributed by atoms with Crippen molar-refractivity contribution in [3.63, 3.8) is 0 Å². The van der Waals surface area contributed by atoms with E-state index in [-0.39, 0.29) is 11.8 Å². The lowest BCUT2D eigenvalue weighted by Gasteiger charge is -2.27. The largest absolute Gasteiger partial charge is 0.496 e. The molecule has 1 aromatic rings. The fourth-order valence-corrected chi connectivity index (χ4v) is 2.28. The molecule has 3 N–H and O–H groups in total. The van der Waals surface area contributed by atoms with Gasteiger partial charge in [-0.2, -0.15) is 0 Å². The molecule has 1 aromatic carbocycles. The smallest absolute Gasteiger partial charge is 0.164 e. The van der Waals surface area contributed by atoms with Crippen LogP contribution in [0.25, 0.3) is 0 Å². The van der Waals surface area contributed by atoms with Crippen LogP contribution in [0.5, 0.6) is 17.2 Å². The number of aliphatic hydroxyl groups excluding tert-OH is 1. The second kappa shape index (κ2) is 7.36. The van der Waals surface area contributed by atoms with E-state index >= 15 is 0 Å². The fraction of sp³-hybridized carbons (Fsp3) is 0.600. The first-order chi connectivity index (χ1) is 9.49. The third-order valence-corrected chi connectivity index (χ3v) is 3.59. The molecule has 0 aromatic heterocycles. The van der Waals surface area contributed by atoms with E-state index in [1.165, 1.54) is 0 Å². The second-order valence-corrected chi connectivity index (χ2v) is 5.04. The van der Waals surface area contributed by atoms with Crippen LogP contribution in [0.1, 0.15) is 25.5 Å². The van der Waals surface area contributed by atoms with E-state index in [4.69, 9.17) is 19.9 Å². The highest BCUT2D eigenvalue weighted by Gasteiger charge is 2.27. The van der Waals surface area contributed by atoms with Crippen LogP contribution in [0.3, 0.4) is 0 Å². The molecule has 20 heavy (non-hydrogen) atoms. The quantitative estimate of drug-likeness (QED) is 0.800. The monoisotopic (exact) mass is 283 g/mol. The van der Waals surface area contributed by atoms with Crippen molar-refractivity contribution < 1.29 is 19.3 Å². The maximum Gasteiger partial charge on any atom is 0.164 e. The molecule has 5 heteroatoms. The van der Waals surface area contributed by atoms with Crippen molar-refractivity contribution >= 4 is 0 Å². The average Bonchev–Trinajstić information content (AvgIpc) is 2.45. The molecule has 0 saturated carbocycles. The average molecular weight is 283 g/mol. The number of rotatable bonds is 7. The lowest BCUT2D eigenvalue weighted by Crippen LogP contribution is -2.27. The number of nitrogens with two attached hydrogens (primary N) is 1. The summed E-state index contributed by atoms with van der Waals surface area (Å²) in [5.74, 6) is 1.89. The van der Waals surface area contributed by atoms with Crippen molar-refractivity contribution in [3.8, 4) is 17.2 Å². The van der Waals surface area contributed by atoms with Gasteiger partial charge in [-0.25, -0.2) is 0 Å². The number of hydrogen-bond donors (Lipinski definition) is 2. The van der Waals surface area contributed by atoms with Gasteiger partial charge in [0, 0.05) is 17.5 Å². The maximum atomic E-state index is 10.6. The topological polar surface area (TPSA) is 73.9 Å². The molecular formula is C15H25NO4. The van der Waals surface area contributed by atoms with Gasteiger partial charge in [0.25, 0.3) is 0 Å². The van der Waals surface area contributed by atoms with Crippen molar-refractivity contribution in [3.05, 3.63) is 17.7 Å². The summed E-state index contributed by atoms with van der Waals surface area (Å²) in [6, 6.07) is 3.46. The minimum absolute atomic E-state index is 0.0537. The van der Waals surface area contributed by atoms with Gasteiger partial charge < -0.3 is 25.1 Å². The van der Waals surface area contributed by atoms with Crippen molar-refractivity contribution in [2.24, 2.45) is 17.6 Å². The molecule has 0 aliphatic rings. The van der Waals surface area contributed by atoms with Crippen LogP contribution in [-0.4, -0.2) is 33.0 Å². The van der Waals surface area contributed by atoms with Crippen LogP contribution in [0, 0.1) is 11.8 Å². The van der Waals surface area contributed by atoms with Crippen LogP contribution in [0.2, 0.25) is 0 Å². The molecule has 0 aliphatic heterocycles. The number of methoxy groups -OCH3 is 3. The van der Waals surface area contributed by atoms with Gasteiger partial charge >= 0.3 is 0 Å². The highest BCUT2D eigenvalue weighted by molar-refractivity contribution is 5.51. The first-order valence-electron chi connectivity index (χ1n) is 6.68. The number of hydrogen-bond acceptors (Lipinski definition) is 5. The Hall–Kier alpha value is -1.46. The normalized spacial score (nSPS) is 14.0. The van der Waals surface area contributed by atoms with Gasteiger partial charge in [0.15, 0.2) is 11.5 Å². The molecule has 0 radical (unpaired) electrons. The minimum Gasteiger partial charge on any atom is -0.496 e. The van der Waals surface area contributed by atoms with Gasteiger partial charge in [0.2, 0.25) is 0 Å². The number of benzene rings is 1. The van der Waals surface area contributed by atoms with E-state index in [9.17, 15) is 5.11 Å². The molecule has 114 valence electrons. The zero-order chi connectivity index (χ0) is 15.3. The molecule has 0 saturated heterocycles. The summed E-state index contributed by atoms with van der Waals surface area (Å²) in [7, 11) is 4.68. The Morgan fingerprint density at radius 2 is 1.50 bits per heavy atom. The molecule has 2 unspecified atom stereocenters. The van der Waals surface area contributed by atoms with Crippen LogP contribution in [0.15, 0.2) is 12.1 Å². The molecule has 2 atom stereocenters. The van der Waals surface area contributed by atoms with Gasteiger partial charge in [0.05, 0.1) is 27.4 Å². The number of ether oxygens (including phenoxy) is 3. The van der Waals surface area contributed by atoms with Gasteiger partial charge in [0.1, 0.15) is 5.75 Å². The summed E-state index contributed by atoms with van der Waals surface area (Å²) in [4.78, 5) is 0. The van der Waals surface area contributed by atoms with Crippen molar-refractivity contribution in [2.75, 3.05) is 27.9 Å². The van der Waals surface area contributed by atoms with Crippen molar-refractivity contribution in [1.82, 2.24) is 0 Å². The van der Waals surface area contributed by atoms with Gasteiger partial charge in [-0.05, 0) is 18.5 Å². The van der Waals surface area contributed by atoms with E-state index in [1.54, 1.807) is 33.5 Å². The van der Waals surface area contributed by atoms with Gasteiger partial charge in [-0.3, -0.25) is 0 Å². The molecule has 0 spiro atoms. The summed E-state index contributed by atoms with van der Waals surface area (Å²) in [6.45, 7) is 4.47. The van der Waals surface area contributed by atoms with E-state index in [0.29, 0.717) is 29.4 Å². The summed E-state index contributed by atoms with van der Waals surface area (Å²) < 4.78 is 15.9. The second-order valence-electron chi connectivity index (χ2n) is 5.04. The van der Waals surface area contributed by atoms with E-state index in [0.717, 1.165) is 0 Å². The molecule has 5 nitrogen and oxygen atoms in total. The summed E-state index contributed by atoms with van der Waals surface area (Å²) in [6.07, 6.45) is -0.713. The minimum atomic E-state index is -0.713. The molecule has 1 rings (SSSR count). The fourth-order valence-electron chi connectivity index (χ4n) is 2.28. The Kier molecular flexibility index (Phi) is 6.10. The Morgan fingerprint density at radius 3 is 1.90 bits per heavy atom. The summed E-state index contributed by atoms with van der Waals surface area (Å²) >= 11 is 0. The first-order valence-corrected chi connectivity index (χ1v) is 6.68. The van der Waals surface area contributed by atoms with Crippen LogP contribution in [0.4, 0.5) is 0 Å². The lowest BCUT2D eigenvalue weighted by atomic mass is 9.86. The number of aliphatic hydroxyl groups is 1. The summed E-state index contributed by atoms with van der Waals surface area (Å²) in [5, 5.41) is 10.6. The van der Waals surface area contributed by atoms with E-state index in [2.05, 4.69) is 0 Å². The summed E-state index contributed by atoms with van der Waals surface area (Å²) in [5.41, 5.74) is 6.43. The van der Waals surface area contributed by atoms with E-state index < -0.39 is 6.10 Å². The SMILES string of the molecule is COc1cc(OC)c(C(O)C(CN)C(C)C)cc1OC. The predicted octanol–water partition coefficient (Wildman–Crippen LogP) is 1.98. The van der Waals surface area contributed by atoms with Crippen LogP contribution < -0.4 is 19.9 Å². The molecule has 0 fully saturated rings. The first kappa shape index (κ1) is 16.6. The molecule has 0 heterocycles. The zero-order valence-electron chi connectivity index (χ0n) is 12.8. The van der Waals surface area contributed by atoms with E-state index in [1.807, 2.05) is 13.8 Å². The third kappa shape index (κ3) is 3.35. The van der Waals surface area contributed by atoms with Crippen LogP contribution >= 0.6 is 0 Å². The Morgan fingerprint density at radius 1 is 1.00 bits per heavy atom. The third-order valence-electron chi connectivity index (χ3n) is 3.59. The molecule has 0 bridgehead atoms. The maximum absolute atomic E-state index is 10.6. The molecular weight excluding hydrogens is 258 g/mol.